The van der Waals surface area contributed by atoms with Gasteiger partial charge in [0.25, 0.3) is 0 Å². The molecule has 1 aliphatic heterocycles. The zero-order valence-electron chi connectivity index (χ0n) is 14.8. The fourth-order valence-electron chi connectivity index (χ4n) is 3.38. The van der Waals surface area contributed by atoms with Crippen LogP contribution in [0.1, 0.15) is 18.4 Å². The van der Waals surface area contributed by atoms with Crippen molar-refractivity contribution in [3.05, 3.63) is 29.8 Å². The van der Waals surface area contributed by atoms with E-state index in [2.05, 4.69) is 36.1 Å². The molecule has 2 fully saturated rings. The highest BCUT2D eigenvalue weighted by Gasteiger charge is 2.31. The van der Waals surface area contributed by atoms with Crippen molar-refractivity contribution in [2.45, 2.75) is 25.9 Å². The Bertz CT molecular complexity index is 565. The molecular formula is C19H29N3O2. The van der Waals surface area contributed by atoms with Crippen LogP contribution in [0.2, 0.25) is 0 Å². The van der Waals surface area contributed by atoms with Crippen molar-refractivity contribution in [1.82, 2.24) is 9.80 Å². The van der Waals surface area contributed by atoms with Crippen LogP contribution in [0.5, 0.6) is 0 Å². The van der Waals surface area contributed by atoms with Crippen LogP contribution in [0.15, 0.2) is 24.3 Å². The van der Waals surface area contributed by atoms with Crippen molar-refractivity contribution in [2.24, 2.45) is 5.92 Å². The number of piperazine rings is 1. The fraction of sp³-hybridized carbons (Fsp3) is 0.632. The largest absolute Gasteiger partial charge is 0.392 e. The number of nitrogens with zero attached hydrogens (tertiary/aromatic N) is 3. The SMILES string of the molecule is Cc1cccc(N2CCN(C(=O)CN(C)CC(O)C3CC3)CC2)c1. The molecule has 0 aromatic heterocycles. The van der Waals surface area contributed by atoms with Gasteiger partial charge in [0.15, 0.2) is 0 Å². The van der Waals surface area contributed by atoms with Gasteiger partial charge in [-0.3, -0.25) is 9.69 Å². The predicted molar refractivity (Wildman–Crippen MR) is 96.2 cm³/mol. The van der Waals surface area contributed by atoms with Gasteiger partial charge in [-0.15, -0.1) is 0 Å². The third kappa shape index (κ3) is 4.48. The Hall–Kier alpha value is -1.59. The van der Waals surface area contributed by atoms with Crippen molar-refractivity contribution in [1.29, 1.82) is 0 Å². The lowest BCUT2D eigenvalue weighted by atomic mass is 10.2. The number of benzene rings is 1. The summed E-state index contributed by atoms with van der Waals surface area (Å²) in [5, 5.41) is 9.99. The molecule has 1 atom stereocenters. The number of carbonyl (C=O) groups excluding carboxylic acids is 1. The first-order valence-corrected chi connectivity index (χ1v) is 8.99. The third-order valence-corrected chi connectivity index (χ3v) is 5.07. The Morgan fingerprint density at radius 2 is 2.00 bits per heavy atom. The first-order valence-electron chi connectivity index (χ1n) is 8.99. The van der Waals surface area contributed by atoms with Crippen molar-refractivity contribution in [3.8, 4) is 0 Å². The Balaban J connectivity index is 1.44. The number of rotatable bonds is 6. The van der Waals surface area contributed by atoms with Crippen molar-refractivity contribution in [2.75, 3.05) is 51.2 Å². The number of anilines is 1. The maximum absolute atomic E-state index is 12.5. The number of carbonyl (C=O) groups is 1. The molecule has 0 radical (unpaired) electrons. The summed E-state index contributed by atoms with van der Waals surface area (Å²) in [4.78, 5) is 18.7. The number of aryl methyl sites for hydroxylation is 1. The molecule has 1 saturated carbocycles. The summed E-state index contributed by atoms with van der Waals surface area (Å²) in [5.74, 6) is 0.629. The molecule has 3 rings (SSSR count). The van der Waals surface area contributed by atoms with Gasteiger partial charge in [-0.05, 0) is 50.4 Å². The molecule has 1 saturated heterocycles. The van der Waals surface area contributed by atoms with Crippen LogP contribution in [-0.4, -0.2) is 73.2 Å². The van der Waals surface area contributed by atoms with Gasteiger partial charge in [0.2, 0.25) is 5.91 Å². The average Bonchev–Trinajstić information content (AvgIpc) is 3.40. The van der Waals surface area contributed by atoms with Crippen molar-refractivity contribution in [3.63, 3.8) is 0 Å². The van der Waals surface area contributed by atoms with Crippen molar-refractivity contribution >= 4 is 11.6 Å². The first-order chi connectivity index (χ1) is 11.5. The number of likely N-dealkylation sites (N-methyl/N-ethyl adjacent to an activating group) is 1. The normalized spacial score (nSPS) is 19.7. The molecule has 1 heterocycles. The van der Waals surface area contributed by atoms with Crippen LogP contribution >= 0.6 is 0 Å². The molecule has 1 aromatic rings. The highest BCUT2D eigenvalue weighted by molar-refractivity contribution is 5.78. The summed E-state index contributed by atoms with van der Waals surface area (Å²) in [6.07, 6.45) is 1.98. The van der Waals surface area contributed by atoms with E-state index in [-0.39, 0.29) is 12.0 Å². The monoisotopic (exact) mass is 331 g/mol. The molecule has 1 aromatic carbocycles. The van der Waals surface area contributed by atoms with E-state index in [0.29, 0.717) is 19.0 Å². The van der Waals surface area contributed by atoms with E-state index in [9.17, 15) is 9.90 Å². The zero-order valence-corrected chi connectivity index (χ0v) is 14.8. The van der Waals surface area contributed by atoms with Gasteiger partial charge in [-0.1, -0.05) is 12.1 Å². The molecule has 0 bridgehead atoms. The Morgan fingerprint density at radius 1 is 1.29 bits per heavy atom. The molecule has 132 valence electrons. The van der Waals surface area contributed by atoms with Crippen LogP contribution in [0.25, 0.3) is 0 Å². The summed E-state index contributed by atoms with van der Waals surface area (Å²) in [6.45, 7) is 6.40. The number of aliphatic hydroxyl groups is 1. The third-order valence-electron chi connectivity index (χ3n) is 5.07. The Morgan fingerprint density at radius 3 is 2.62 bits per heavy atom. The highest BCUT2D eigenvalue weighted by Crippen LogP contribution is 2.32. The van der Waals surface area contributed by atoms with E-state index >= 15 is 0 Å². The van der Waals surface area contributed by atoms with Crippen LogP contribution in [0.4, 0.5) is 5.69 Å². The van der Waals surface area contributed by atoms with Crippen molar-refractivity contribution < 1.29 is 9.90 Å². The minimum Gasteiger partial charge on any atom is -0.392 e. The molecule has 1 unspecified atom stereocenters. The molecule has 2 aliphatic rings. The lowest BCUT2D eigenvalue weighted by Crippen LogP contribution is -2.51. The van der Waals surface area contributed by atoms with Gasteiger partial charge < -0.3 is 14.9 Å². The van der Waals surface area contributed by atoms with Crippen LogP contribution in [0, 0.1) is 12.8 Å². The van der Waals surface area contributed by atoms with E-state index in [1.165, 1.54) is 11.3 Å². The van der Waals surface area contributed by atoms with Gasteiger partial charge in [0.05, 0.1) is 12.6 Å². The zero-order chi connectivity index (χ0) is 17.1. The topological polar surface area (TPSA) is 47.0 Å². The molecule has 5 nitrogen and oxygen atoms in total. The maximum atomic E-state index is 12.5. The molecule has 1 N–H and O–H groups in total. The van der Waals surface area contributed by atoms with E-state index in [4.69, 9.17) is 0 Å². The smallest absolute Gasteiger partial charge is 0.236 e. The van der Waals surface area contributed by atoms with E-state index in [0.717, 1.165) is 39.0 Å². The van der Waals surface area contributed by atoms with Gasteiger partial charge in [-0.2, -0.15) is 0 Å². The van der Waals surface area contributed by atoms with Gasteiger partial charge in [-0.25, -0.2) is 0 Å². The Labute approximate surface area is 144 Å². The minimum atomic E-state index is -0.277. The summed E-state index contributed by atoms with van der Waals surface area (Å²) in [6, 6.07) is 8.53. The second kappa shape index (κ2) is 7.53. The quantitative estimate of drug-likeness (QED) is 0.855. The minimum absolute atomic E-state index is 0.171. The molecule has 0 spiro atoms. The van der Waals surface area contributed by atoms with Gasteiger partial charge in [0.1, 0.15) is 0 Å². The molecule has 5 heteroatoms. The summed E-state index contributed by atoms with van der Waals surface area (Å²) < 4.78 is 0. The second-order valence-electron chi connectivity index (χ2n) is 7.31. The van der Waals surface area contributed by atoms with E-state index in [1.54, 1.807) is 0 Å². The Kier molecular flexibility index (Phi) is 5.41. The van der Waals surface area contributed by atoms with Crippen LogP contribution in [-0.2, 0) is 4.79 Å². The molecule has 1 amide bonds. The first kappa shape index (κ1) is 17.2. The average molecular weight is 331 g/mol. The molecule has 1 aliphatic carbocycles. The summed E-state index contributed by atoms with van der Waals surface area (Å²) in [7, 11) is 1.92. The fourth-order valence-corrected chi connectivity index (χ4v) is 3.38. The number of aliphatic hydroxyl groups excluding tert-OH is 1. The second-order valence-corrected chi connectivity index (χ2v) is 7.31. The van der Waals surface area contributed by atoms with Gasteiger partial charge in [0, 0.05) is 38.4 Å². The van der Waals surface area contributed by atoms with Gasteiger partial charge >= 0.3 is 0 Å². The van der Waals surface area contributed by atoms with E-state index < -0.39 is 0 Å². The predicted octanol–water partition coefficient (Wildman–Crippen LogP) is 1.35. The number of amides is 1. The standard InChI is InChI=1S/C19H29N3O2/c1-15-4-3-5-17(12-15)21-8-10-22(11-9-21)19(24)14-20(2)13-18(23)16-6-7-16/h3-5,12,16,18,23H,6-11,13-14H2,1-2H3. The summed E-state index contributed by atoms with van der Waals surface area (Å²) in [5.41, 5.74) is 2.51. The lowest BCUT2D eigenvalue weighted by molar-refractivity contribution is -0.132. The van der Waals surface area contributed by atoms with Crippen LogP contribution < -0.4 is 4.90 Å². The summed E-state index contributed by atoms with van der Waals surface area (Å²) >= 11 is 0. The highest BCUT2D eigenvalue weighted by atomic mass is 16.3. The van der Waals surface area contributed by atoms with E-state index in [1.807, 2.05) is 16.8 Å². The maximum Gasteiger partial charge on any atom is 0.236 e. The van der Waals surface area contributed by atoms with Crippen LogP contribution in [0.3, 0.4) is 0 Å². The number of hydrogen-bond acceptors (Lipinski definition) is 4. The lowest BCUT2D eigenvalue weighted by Gasteiger charge is -2.37. The number of hydrogen-bond donors (Lipinski definition) is 1. The molecule has 24 heavy (non-hydrogen) atoms. The molecular weight excluding hydrogens is 302 g/mol.